The van der Waals surface area contributed by atoms with Gasteiger partial charge in [-0.25, -0.2) is 12.7 Å². The minimum atomic E-state index is -3.85. The summed E-state index contributed by atoms with van der Waals surface area (Å²) in [5.74, 6) is -0.550. The summed E-state index contributed by atoms with van der Waals surface area (Å²) in [7, 11) is -2.13. The highest BCUT2D eigenvalue weighted by atomic mass is 32.2. The molecule has 1 aliphatic rings. The molecule has 0 radical (unpaired) electrons. The highest BCUT2D eigenvalue weighted by Gasteiger charge is 2.41. The third-order valence-corrected chi connectivity index (χ3v) is 4.87. The van der Waals surface area contributed by atoms with Crippen LogP contribution in [-0.4, -0.2) is 28.4 Å². The number of nitrogens with two attached hydrogens (primary N) is 1. The zero-order valence-corrected chi connectivity index (χ0v) is 11.5. The molecule has 0 bridgehead atoms. The van der Waals surface area contributed by atoms with Gasteiger partial charge in [-0.3, -0.25) is 9.48 Å². The van der Waals surface area contributed by atoms with Crippen LogP contribution in [0.1, 0.15) is 16.1 Å². The molecule has 0 saturated carbocycles. The molecule has 20 heavy (non-hydrogen) atoms. The smallest absolute Gasteiger partial charge is 0.269 e. The molecule has 1 aromatic heterocycles. The molecule has 7 nitrogen and oxygen atoms in total. The molecule has 0 aliphatic carbocycles. The average molecular weight is 292 g/mol. The summed E-state index contributed by atoms with van der Waals surface area (Å²) in [5, 5.41) is 4.09. The predicted molar refractivity (Wildman–Crippen MR) is 71.1 cm³/mol. The zero-order valence-electron chi connectivity index (χ0n) is 10.6. The minimum absolute atomic E-state index is 0.0431. The number of fused-ring (bicyclic) bond motifs is 1. The number of amides is 1. The summed E-state index contributed by atoms with van der Waals surface area (Å²) >= 11 is 0. The number of hydrogen-bond acceptors (Lipinski definition) is 5. The summed E-state index contributed by atoms with van der Waals surface area (Å²) in [6, 6.07) is 5.92. The number of benzene rings is 1. The van der Waals surface area contributed by atoms with Crippen LogP contribution in [0.25, 0.3) is 0 Å². The van der Waals surface area contributed by atoms with Gasteiger partial charge < -0.3 is 5.73 Å². The molecule has 0 unspecified atom stereocenters. The van der Waals surface area contributed by atoms with Crippen molar-refractivity contribution in [2.45, 2.75) is 11.4 Å². The first-order valence-corrected chi connectivity index (χ1v) is 7.29. The van der Waals surface area contributed by atoms with E-state index in [1.807, 2.05) is 0 Å². The fourth-order valence-electron chi connectivity index (χ4n) is 2.14. The molecule has 2 heterocycles. The van der Waals surface area contributed by atoms with E-state index in [4.69, 9.17) is 5.73 Å². The van der Waals surface area contributed by atoms with Crippen LogP contribution in [0, 0.1) is 0 Å². The van der Waals surface area contributed by atoms with E-state index in [0.29, 0.717) is 11.4 Å². The molecule has 2 N–H and O–H groups in total. The van der Waals surface area contributed by atoms with Crippen molar-refractivity contribution in [1.82, 2.24) is 14.1 Å². The van der Waals surface area contributed by atoms with Gasteiger partial charge in [-0.05, 0) is 24.3 Å². The van der Waals surface area contributed by atoms with Crippen LogP contribution >= 0.6 is 0 Å². The Morgan fingerprint density at radius 1 is 1.30 bits per heavy atom. The van der Waals surface area contributed by atoms with Gasteiger partial charge in [0.05, 0.1) is 17.8 Å². The first-order chi connectivity index (χ1) is 9.39. The van der Waals surface area contributed by atoms with Crippen molar-refractivity contribution in [2.24, 2.45) is 7.05 Å². The normalized spacial score (nSPS) is 16.4. The Bertz CT molecular complexity index is 810. The van der Waals surface area contributed by atoms with Gasteiger partial charge >= 0.3 is 0 Å². The largest absolute Gasteiger partial charge is 0.399 e. The van der Waals surface area contributed by atoms with Crippen molar-refractivity contribution in [3.8, 4) is 0 Å². The quantitative estimate of drug-likeness (QED) is 0.805. The van der Waals surface area contributed by atoms with Gasteiger partial charge in [0.2, 0.25) is 0 Å². The molecule has 8 heteroatoms. The van der Waals surface area contributed by atoms with E-state index >= 15 is 0 Å². The number of carbonyl (C=O) groups excluding carboxylic acids is 1. The van der Waals surface area contributed by atoms with E-state index in [1.54, 1.807) is 24.0 Å². The average Bonchev–Trinajstić information content (AvgIpc) is 2.86. The monoisotopic (exact) mass is 292 g/mol. The molecular formula is C12H12N4O3S. The molecule has 3 rings (SSSR count). The second-order valence-electron chi connectivity index (χ2n) is 4.55. The number of anilines is 1. The highest BCUT2D eigenvalue weighted by molar-refractivity contribution is 7.90. The Hall–Kier alpha value is -2.35. The lowest BCUT2D eigenvalue weighted by atomic mass is 10.2. The Morgan fingerprint density at radius 3 is 2.70 bits per heavy atom. The molecule has 0 fully saturated rings. The maximum atomic E-state index is 12.4. The SMILES string of the molecule is Cn1ccc(CN2C(=O)c3ccc(N)cc3S2(=O)=O)n1. The Labute approximate surface area is 115 Å². The van der Waals surface area contributed by atoms with E-state index in [9.17, 15) is 13.2 Å². The predicted octanol–water partition coefficient (Wildman–Crippen LogP) is 0.347. The molecule has 1 aromatic carbocycles. The Kier molecular flexibility index (Phi) is 2.58. The molecule has 0 saturated heterocycles. The standard InChI is InChI=1S/C12H12N4O3S/c1-15-5-4-9(14-15)7-16-12(17)10-3-2-8(13)6-11(10)20(16,18)19/h2-6H,7,13H2,1H3. The topological polar surface area (TPSA) is 98.3 Å². The number of carbonyl (C=O) groups is 1. The van der Waals surface area contributed by atoms with Crippen LogP contribution in [0.15, 0.2) is 35.4 Å². The summed E-state index contributed by atoms with van der Waals surface area (Å²) in [6.45, 7) is -0.0867. The molecule has 0 atom stereocenters. The molecule has 0 spiro atoms. The van der Waals surface area contributed by atoms with Crippen LogP contribution in [0.4, 0.5) is 5.69 Å². The van der Waals surface area contributed by atoms with Gasteiger partial charge in [-0.1, -0.05) is 0 Å². The second kappa shape index (κ2) is 4.07. The third kappa shape index (κ3) is 1.76. The number of aryl methyl sites for hydroxylation is 1. The van der Waals surface area contributed by atoms with Crippen LogP contribution in [0.2, 0.25) is 0 Å². The van der Waals surface area contributed by atoms with E-state index in [1.165, 1.54) is 18.2 Å². The summed E-state index contributed by atoms with van der Waals surface area (Å²) in [6.07, 6.45) is 1.69. The number of hydrogen-bond donors (Lipinski definition) is 1. The first kappa shape index (κ1) is 12.7. The highest BCUT2D eigenvalue weighted by Crippen LogP contribution is 2.32. The summed E-state index contributed by atoms with van der Waals surface area (Å²) < 4.78 is 27.1. The zero-order chi connectivity index (χ0) is 14.5. The van der Waals surface area contributed by atoms with E-state index in [2.05, 4.69) is 5.10 Å². The van der Waals surface area contributed by atoms with Crippen molar-refractivity contribution in [3.05, 3.63) is 41.7 Å². The number of nitrogen functional groups attached to an aromatic ring is 1. The Balaban J connectivity index is 2.05. The lowest BCUT2D eigenvalue weighted by Gasteiger charge is -2.13. The van der Waals surface area contributed by atoms with Crippen LogP contribution in [-0.2, 0) is 23.6 Å². The van der Waals surface area contributed by atoms with Gasteiger partial charge in [0.15, 0.2) is 0 Å². The first-order valence-electron chi connectivity index (χ1n) is 5.85. The Morgan fingerprint density at radius 2 is 2.05 bits per heavy atom. The lowest BCUT2D eigenvalue weighted by molar-refractivity contribution is 0.0863. The minimum Gasteiger partial charge on any atom is -0.399 e. The van der Waals surface area contributed by atoms with Crippen molar-refractivity contribution < 1.29 is 13.2 Å². The fourth-order valence-corrected chi connectivity index (χ4v) is 3.72. The van der Waals surface area contributed by atoms with Gasteiger partial charge in [0, 0.05) is 18.9 Å². The molecular weight excluding hydrogens is 280 g/mol. The van der Waals surface area contributed by atoms with Gasteiger partial charge in [0.25, 0.3) is 15.9 Å². The molecule has 104 valence electrons. The molecule has 1 aliphatic heterocycles. The fraction of sp³-hybridized carbons (Fsp3) is 0.167. The van der Waals surface area contributed by atoms with E-state index in [0.717, 1.165) is 4.31 Å². The number of rotatable bonds is 2. The lowest BCUT2D eigenvalue weighted by Crippen LogP contribution is -2.29. The molecule has 1 amide bonds. The number of sulfonamides is 1. The van der Waals surface area contributed by atoms with Crippen molar-refractivity contribution >= 4 is 21.6 Å². The van der Waals surface area contributed by atoms with Crippen molar-refractivity contribution in [2.75, 3.05) is 5.73 Å². The van der Waals surface area contributed by atoms with Crippen LogP contribution in [0.5, 0.6) is 0 Å². The van der Waals surface area contributed by atoms with Gasteiger partial charge in [-0.2, -0.15) is 5.10 Å². The van der Waals surface area contributed by atoms with E-state index < -0.39 is 15.9 Å². The van der Waals surface area contributed by atoms with Gasteiger partial charge in [-0.15, -0.1) is 0 Å². The van der Waals surface area contributed by atoms with Crippen molar-refractivity contribution in [1.29, 1.82) is 0 Å². The second-order valence-corrected chi connectivity index (χ2v) is 6.38. The van der Waals surface area contributed by atoms with Crippen molar-refractivity contribution in [3.63, 3.8) is 0 Å². The number of nitrogens with zero attached hydrogens (tertiary/aromatic N) is 3. The third-order valence-electron chi connectivity index (χ3n) is 3.11. The summed E-state index contributed by atoms with van der Waals surface area (Å²) in [4.78, 5) is 12.2. The maximum Gasteiger partial charge on any atom is 0.269 e. The number of aromatic nitrogens is 2. The summed E-state index contributed by atoms with van der Waals surface area (Å²) in [5.41, 5.74) is 6.55. The van der Waals surface area contributed by atoms with Gasteiger partial charge in [0.1, 0.15) is 4.90 Å². The van der Waals surface area contributed by atoms with Crippen LogP contribution in [0.3, 0.4) is 0 Å². The van der Waals surface area contributed by atoms with Crippen LogP contribution < -0.4 is 5.73 Å². The molecule has 2 aromatic rings. The van der Waals surface area contributed by atoms with E-state index in [-0.39, 0.29) is 17.0 Å². The maximum absolute atomic E-state index is 12.4.